The number of para-hydroxylation sites is 1. The normalized spacial score (nSPS) is 14.0. The van der Waals surface area contributed by atoms with Crippen LogP contribution in [-0.4, -0.2) is 39.6 Å². The van der Waals surface area contributed by atoms with Crippen molar-refractivity contribution in [3.05, 3.63) is 72.6 Å². The molecule has 2 aromatic heterocycles. The third-order valence-corrected chi connectivity index (χ3v) is 5.83. The van der Waals surface area contributed by atoms with E-state index in [-0.39, 0.29) is 0 Å². The Bertz CT molecular complexity index is 1270. The smallest absolute Gasteiger partial charge is 0.227 e. The van der Waals surface area contributed by atoms with E-state index in [1.54, 1.807) is 6.20 Å². The summed E-state index contributed by atoms with van der Waals surface area (Å²) in [4.78, 5) is 13.7. The number of nitrogens with zero attached hydrogens (tertiary/aromatic N) is 5. The van der Waals surface area contributed by atoms with E-state index in [1.165, 1.54) is 18.9 Å². The molecule has 3 heterocycles. The predicted molar refractivity (Wildman–Crippen MR) is 126 cm³/mol. The third-order valence-electron chi connectivity index (χ3n) is 5.83. The van der Waals surface area contributed by atoms with Gasteiger partial charge in [0.15, 0.2) is 11.6 Å². The van der Waals surface area contributed by atoms with E-state index in [0.717, 1.165) is 59.6 Å². The van der Waals surface area contributed by atoms with Crippen molar-refractivity contribution in [3.8, 4) is 11.1 Å². The van der Waals surface area contributed by atoms with Crippen LogP contribution in [0, 0.1) is 11.6 Å². The first-order valence-corrected chi connectivity index (χ1v) is 11.1. The average molecular weight is 447 g/mol. The van der Waals surface area contributed by atoms with Crippen LogP contribution in [-0.2, 0) is 0 Å². The Morgan fingerprint density at radius 1 is 0.970 bits per heavy atom. The second-order valence-corrected chi connectivity index (χ2v) is 7.97. The highest BCUT2D eigenvalue weighted by Crippen LogP contribution is 2.29. The van der Waals surface area contributed by atoms with Crippen LogP contribution in [0.3, 0.4) is 0 Å². The van der Waals surface area contributed by atoms with E-state index in [1.807, 2.05) is 30.5 Å². The molecule has 0 amide bonds. The van der Waals surface area contributed by atoms with Crippen molar-refractivity contribution >= 4 is 28.4 Å². The highest BCUT2D eigenvalue weighted by atomic mass is 19.2. The fourth-order valence-corrected chi connectivity index (χ4v) is 4.20. The molecule has 0 saturated carbocycles. The van der Waals surface area contributed by atoms with Gasteiger partial charge in [0.05, 0.1) is 5.52 Å². The summed E-state index contributed by atoms with van der Waals surface area (Å²) in [6, 6.07) is 13.6. The molecule has 4 aromatic rings. The number of rotatable bonds is 6. The van der Waals surface area contributed by atoms with E-state index in [2.05, 4.69) is 38.3 Å². The Hall–Kier alpha value is -3.65. The highest BCUT2D eigenvalue weighted by Gasteiger charge is 2.19. The maximum Gasteiger partial charge on any atom is 0.227 e. The molecule has 0 bridgehead atoms. The highest BCUT2D eigenvalue weighted by molar-refractivity contribution is 5.93. The maximum absolute atomic E-state index is 13.6. The fourth-order valence-electron chi connectivity index (χ4n) is 4.20. The summed E-state index contributed by atoms with van der Waals surface area (Å²) < 4.78 is 26.8. The second kappa shape index (κ2) is 9.07. The summed E-state index contributed by atoms with van der Waals surface area (Å²) in [5.41, 5.74) is 2.99. The zero-order chi connectivity index (χ0) is 22.8. The monoisotopic (exact) mass is 446 g/mol. The molecule has 33 heavy (non-hydrogen) atoms. The fraction of sp³-hybridized carbons (Fsp3) is 0.240. The first-order chi connectivity index (χ1) is 16.1. The van der Waals surface area contributed by atoms with Crippen LogP contribution in [0.4, 0.5) is 26.2 Å². The summed E-state index contributed by atoms with van der Waals surface area (Å²) in [6.45, 7) is 5.13. The Morgan fingerprint density at radius 2 is 1.82 bits per heavy atom. The molecule has 5 rings (SSSR count). The summed E-state index contributed by atoms with van der Waals surface area (Å²) in [7, 11) is 0. The SMILES string of the molecule is CCN(c1ccc(-c2cccc3cnc(Nc4ccc(F)c(F)c4)nc23)cn1)N1CCCC1. The van der Waals surface area contributed by atoms with E-state index in [4.69, 9.17) is 4.98 Å². The summed E-state index contributed by atoms with van der Waals surface area (Å²) in [5.74, 6) is -0.595. The van der Waals surface area contributed by atoms with Crippen LogP contribution in [0.25, 0.3) is 22.0 Å². The van der Waals surface area contributed by atoms with Gasteiger partial charge in [-0.2, -0.15) is 0 Å². The number of aromatic nitrogens is 3. The number of hydrogen-bond acceptors (Lipinski definition) is 6. The van der Waals surface area contributed by atoms with Crippen molar-refractivity contribution < 1.29 is 8.78 Å². The number of hydrogen-bond donors (Lipinski definition) is 1. The topological polar surface area (TPSA) is 57.2 Å². The van der Waals surface area contributed by atoms with Crippen LogP contribution < -0.4 is 10.3 Å². The molecule has 8 heteroatoms. The molecule has 2 aromatic carbocycles. The van der Waals surface area contributed by atoms with Crippen LogP contribution in [0.1, 0.15) is 19.8 Å². The molecule has 1 aliphatic heterocycles. The molecule has 0 atom stereocenters. The molecule has 0 spiro atoms. The summed E-state index contributed by atoms with van der Waals surface area (Å²) in [5, 5.41) is 8.40. The Balaban J connectivity index is 1.46. The van der Waals surface area contributed by atoms with E-state index in [0.29, 0.717) is 11.6 Å². The molecule has 1 saturated heterocycles. The lowest BCUT2D eigenvalue weighted by Gasteiger charge is -2.31. The lowest BCUT2D eigenvalue weighted by Crippen LogP contribution is -2.41. The van der Waals surface area contributed by atoms with Gasteiger partial charge in [-0.05, 0) is 44.0 Å². The van der Waals surface area contributed by atoms with Gasteiger partial charge in [0, 0.05) is 60.3 Å². The lowest BCUT2D eigenvalue weighted by atomic mass is 10.0. The second-order valence-electron chi connectivity index (χ2n) is 7.97. The lowest BCUT2D eigenvalue weighted by molar-refractivity contribution is 0.309. The van der Waals surface area contributed by atoms with Gasteiger partial charge < -0.3 is 5.32 Å². The Labute approximate surface area is 190 Å². The van der Waals surface area contributed by atoms with Gasteiger partial charge in [-0.3, -0.25) is 5.01 Å². The number of fused-ring (bicyclic) bond motifs is 1. The Kier molecular flexibility index (Phi) is 5.83. The van der Waals surface area contributed by atoms with E-state index < -0.39 is 11.6 Å². The number of pyridine rings is 1. The van der Waals surface area contributed by atoms with Gasteiger partial charge in [0.2, 0.25) is 5.95 Å². The zero-order valence-corrected chi connectivity index (χ0v) is 18.3. The number of halogens is 2. The van der Waals surface area contributed by atoms with Crippen molar-refractivity contribution in [3.63, 3.8) is 0 Å². The first kappa shape index (κ1) is 21.2. The quantitative estimate of drug-likeness (QED) is 0.419. The molecular weight excluding hydrogens is 422 g/mol. The van der Waals surface area contributed by atoms with Crippen molar-refractivity contribution in [2.24, 2.45) is 0 Å². The van der Waals surface area contributed by atoms with Gasteiger partial charge in [0.25, 0.3) is 0 Å². The van der Waals surface area contributed by atoms with Gasteiger partial charge in [0.1, 0.15) is 5.82 Å². The number of nitrogens with one attached hydrogen (secondary N) is 1. The van der Waals surface area contributed by atoms with Crippen molar-refractivity contribution in [1.82, 2.24) is 20.0 Å². The minimum absolute atomic E-state index is 0.303. The van der Waals surface area contributed by atoms with Gasteiger partial charge in [-0.15, -0.1) is 0 Å². The van der Waals surface area contributed by atoms with Crippen molar-refractivity contribution in [2.45, 2.75) is 19.8 Å². The molecule has 6 nitrogen and oxygen atoms in total. The van der Waals surface area contributed by atoms with Gasteiger partial charge in [-0.25, -0.2) is 28.7 Å². The average Bonchev–Trinajstić information content (AvgIpc) is 3.37. The molecule has 0 radical (unpaired) electrons. The minimum Gasteiger partial charge on any atom is -0.324 e. The zero-order valence-electron chi connectivity index (χ0n) is 18.3. The van der Waals surface area contributed by atoms with Gasteiger partial charge >= 0.3 is 0 Å². The molecule has 1 N–H and O–H groups in total. The van der Waals surface area contributed by atoms with Crippen LogP contribution in [0.2, 0.25) is 0 Å². The van der Waals surface area contributed by atoms with E-state index >= 15 is 0 Å². The molecule has 1 fully saturated rings. The molecule has 0 aliphatic carbocycles. The van der Waals surface area contributed by atoms with Crippen molar-refractivity contribution in [2.75, 3.05) is 30.0 Å². The number of benzene rings is 2. The van der Waals surface area contributed by atoms with Crippen LogP contribution in [0.5, 0.6) is 0 Å². The minimum atomic E-state index is -0.928. The Morgan fingerprint density at radius 3 is 2.55 bits per heavy atom. The van der Waals surface area contributed by atoms with Gasteiger partial charge in [-0.1, -0.05) is 18.2 Å². The standard InChI is InChI=1S/C25H24F2N6/c1-2-33(32-12-3-4-13-32)23-11-8-17(15-28-23)20-7-5-6-18-16-29-25(31-24(18)20)30-19-9-10-21(26)22(27)14-19/h5-11,14-16H,2-4,12-13H2,1H3,(H,29,30,31). The third kappa shape index (κ3) is 4.34. The van der Waals surface area contributed by atoms with Crippen molar-refractivity contribution in [1.29, 1.82) is 0 Å². The summed E-state index contributed by atoms with van der Waals surface area (Å²) >= 11 is 0. The van der Waals surface area contributed by atoms with Crippen LogP contribution in [0.15, 0.2) is 60.9 Å². The van der Waals surface area contributed by atoms with Crippen LogP contribution >= 0.6 is 0 Å². The first-order valence-electron chi connectivity index (χ1n) is 11.1. The molecular formula is C25H24F2N6. The molecule has 0 unspecified atom stereocenters. The molecule has 168 valence electrons. The number of hydrazine groups is 1. The van der Waals surface area contributed by atoms with E-state index in [9.17, 15) is 8.78 Å². The molecule has 1 aliphatic rings. The largest absolute Gasteiger partial charge is 0.324 e. The number of anilines is 3. The summed E-state index contributed by atoms with van der Waals surface area (Å²) in [6.07, 6.45) is 6.01. The predicted octanol–water partition coefficient (Wildman–Crippen LogP) is 5.55. The maximum atomic E-state index is 13.6.